The lowest BCUT2D eigenvalue weighted by atomic mass is 10.1. The maximum Gasteiger partial charge on any atom is 0.129 e. The lowest BCUT2D eigenvalue weighted by molar-refractivity contribution is 0.551. The van der Waals surface area contributed by atoms with Crippen molar-refractivity contribution in [1.29, 1.82) is 0 Å². The number of aryl methyl sites for hydroxylation is 1. The minimum Gasteiger partial charge on any atom is -0.354 e. The van der Waals surface area contributed by atoms with Crippen molar-refractivity contribution in [2.24, 2.45) is 5.73 Å². The zero-order valence-corrected chi connectivity index (χ0v) is 13.1. The molecular weight excluding hydrogens is 246 g/mol. The van der Waals surface area contributed by atoms with Gasteiger partial charge in [0.1, 0.15) is 5.82 Å². The molecular formula is C17H29N3. The molecule has 3 nitrogen and oxygen atoms in total. The van der Waals surface area contributed by atoms with Crippen LogP contribution in [0.15, 0.2) is 12.1 Å². The van der Waals surface area contributed by atoms with Crippen molar-refractivity contribution in [2.45, 2.75) is 71.4 Å². The summed E-state index contributed by atoms with van der Waals surface area (Å²) >= 11 is 0. The Labute approximate surface area is 123 Å². The van der Waals surface area contributed by atoms with E-state index in [0.717, 1.165) is 25.2 Å². The molecule has 1 saturated heterocycles. The third-order valence-corrected chi connectivity index (χ3v) is 4.31. The van der Waals surface area contributed by atoms with Gasteiger partial charge in [-0.25, -0.2) is 4.98 Å². The number of nitrogens with zero attached hydrogens (tertiary/aromatic N) is 2. The SMILES string of the molecule is CCCc1cc(CN)cc(N2CCCCCC2CC)n1. The third-order valence-electron chi connectivity index (χ3n) is 4.31. The smallest absolute Gasteiger partial charge is 0.129 e. The van der Waals surface area contributed by atoms with Crippen LogP contribution in [0.5, 0.6) is 0 Å². The van der Waals surface area contributed by atoms with Gasteiger partial charge in [-0.15, -0.1) is 0 Å². The Hall–Kier alpha value is -1.09. The van der Waals surface area contributed by atoms with Gasteiger partial charge < -0.3 is 10.6 Å². The Bertz CT molecular complexity index is 417. The highest BCUT2D eigenvalue weighted by Crippen LogP contribution is 2.26. The number of pyridine rings is 1. The normalized spacial score (nSPS) is 19.9. The summed E-state index contributed by atoms with van der Waals surface area (Å²) < 4.78 is 0. The van der Waals surface area contributed by atoms with Crippen LogP contribution in [0.2, 0.25) is 0 Å². The van der Waals surface area contributed by atoms with Crippen molar-refractivity contribution in [1.82, 2.24) is 4.98 Å². The lowest BCUT2D eigenvalue weighted by Gasteiger charge is -2.31. The van der Waals surface area contributed by atoms with E-state index in [0.29, 0.717) is 12.6 Å². The quantitative estimate of drug-likeness (QED) is 0.892. The van der Waals surface area contributed by atoms with E-state index in [-0.39, 0.29) is 0 Å². The third kappa shape index (κ3) is 3.72. The van der Waals surface area contributed by atoms with Crippen LogP contribution in [0.3, 0.4) is 0 Å². The van der Waals surface area contributed by atoms with Gasteiger partial charge in [0.05, 0.1) is 0 Å². The Morgan fingerprint density at radius 1 is 1.25 bits per heavy atom. The average Bonchev–Trinajstić information content (AvgIpc) is 2.72. The summed E-state index contributed by atoms with van der Waals surface area (Å²) in [6, 6.07) is 5.02. The molecule has 3 heteroatoms. The summed E-state index contributed by atoms with van der Waals surface area (Å²) in [7, 11) is 0. The zero-order valence-electron chi connectivity index (χ0n) is 13.1. The van der Waals surface area contributed by atoms with E-state index < -0.39 is 0 Å². The molecule has 1 atom stereocenters. The number of rotatable bonds is 5. The molecule has 1 aromatic heterocycles. The van der Waals surface area contributed by atoms with Crippen molar-refractivity contribution >= 4 is 5.82 Å². The molecule has 1 aliphatic rings. The van der Waals surface area contributed by atoms with Gasteiger partial charge in [0, 0.05) is 24.8 Å². The molecule has 0 aromatic carbocycles. The first kappa shape index (κ1) is 15.3. The summed E-state index contributed by atoms with van der Waals surface area (Å²) in [6.45, 7) is 6.25. The Morgan fingerprint density at radius 3 is 2.80 bits per heavy atom. The highest BCUT2D eigenvalue weighted by Gasteiger charge is 2.21. The van der Waals surface area contributed by atoms with Crippen LogP contribution < -0.4 is 10.6 Å². The van der Waals surface area contributed by atoms with Crippen molar-refractivity contribution in [3.05, 3.63) is 23.4 Å². The highest BCUT2D eigenvalue weighted by molar-refractivity contribution is 5.44. The Morgan fingerprint density at radius 2 is 2.10 bits per heavy atom. The molecule has 0 spiro atoms. The summed E-state index contributed by atoms with van der Waals surface area (Å²) in [5.41, 5.74) is 8.28. The second kappa shape index (κ2) is 7.63. The van der Waals surface area contributed by atoms with Crippen LogP contribution in [0, 0.1) is 0 Å². The molecule has 0 radical (unpaired) electrons. The molecule has 0 amide bonds. The molecule has 2 rings (SSSR count). The summed E-state index contributed by atoms with van der Waals surface area (Å²) in [6.07, 6.45) is 8.68. The number of nitrogens with two attached hydrogens (primary N) is 1. The molecule has 2 N–H and O–H groups in total. The maximum absolute atomic E-state index is 5.87. The van der Waals surface area contributed by atoms with Gasteiger partial charge in [-0.2, -0.15) is 0 Å². The molecule has 1 aromatic rings. The molecule has 20 heavy (non-hydrogen) atoms. The van der Waals surface area contributed by atoms with E-state index in [9.17, 15) is 0 Å². The number of hydrogen-bond acceptors (Lipinski definition) is 3. The minimum absolute atomic E-state index is 0.608. The Kier molecular flexibility index (Phi) is 5.84. The molecule has 1 aliphatic heterocycles. The maximum atomic E-state index is 5.87. The average molecular weight is 275 g/mol. The minimum atomic E-state index is 0.608. The fourth-order valence-corrected chi connectivity index (χ4v) is 3.19. The summed E-state index contributed by atoms with van der Waals surface area (Å²) in [4.78, 5) is 7.44. The van der Waals surface area contributed by atoms with Crippen LogP contribution in [-0.2, 0) is 13.0 Å². The van der Waals surface area contributed by atoms with Gasteiger partial charge >= 0.3 is 0 Å². The van der Waals surface area contributed by atoms with Gasteiger partial charge in [0.25, 0.3) is 0 Å². The molecule has 112 valence electrons. The van der Waals surface area contributed by atoms with Crippen molar-refractivity contribution in [3.8, 4) is 0 Å². The Balaban J connectivity index is 2.30. The molecule has 2 heterocycles. The van der Waals surface area contributed by atoms with Crippen LogP contribution in [0.25, 0.3) is 0 Å². The molecule has 1 unspecified atom stereocenters. The molecule has 0 aliphatic carbocycles. The monoisotopic (exact) mass is 275 g/mol. The van der Waals surface area contributed by atoms with Crippen molar-refractivity contribution in [3.63, 3.8) is 0 Å². The predicted octanol–water partition coefficient (Wildman–Crippen LogP) is 3.65. The van der Waals surface area contributed by atoms with E-state index in [4.69, 9.17) is 10.7 Å². The fraction of sp³-hybridized carbons (Fsp3) is 0.706. The second-order valence-corrected chi connectivity index (χ2v) is 5.88. The fourth-order valence-electron chi connectivity index (χ4n) is 3.19. The highest BCUT2D eigenvalue weighted by atomic mass is 15.2. The number of anilines is 1. The standard InChI is InChI=1S/C17H29N3/c1-3-8-15-11-14(13-18)12-17(19-15)20-10-7-5-6-9-16(20)4-2/h11-12,16H,3-10,13,18H2,1-2H3. The van der Waals surface area contributed by atoms with E-state index >= 15 is 0 Å². The first-order valence-corrected chi connectivity index (χ1v) is 8.25. The van der Waals surface area contributed by atoms with Crippen LogP contribution in [0.4, 0.5) is 5.82 Å². The number of hydrogen-bond donors (Lipinski definition) is 1. The predicted molar refractivity (Wildman–Crippen MR) is 86.0 cm³/mol. The van der Waals surface area contributed by atoms with E-state index in [1.54, 1.807) is 0 Å². The number of aromatic nitrogens is 1. The molecule has 0 saturated carbocycles. The molecule has 0 bridgehead atoms. The molecule has 1 fully saturated rings. The second-order valence-electron chi connectivity index (χ2n) is 5.88. The van der Waals surface area contributed by atoms with Gasteiger partial charge in [0.15, 0.2) is 0 Å². The lowest BCUT2D eigenvalue weighted by Crippen LogP contribution is -2.35. The van der Waals surface area contributed by atoms with Crippen molar-refractivity contribution in [2.75, 3.05) is 11.4 Å². The van der Waals surface area contributed by atoms with Crippen LogP contribution >= 0.6 is 0 Å². The van der Waals surface area contributed by atoms with Gasteiger partial charge in [0.2, 0.25) is 0 Å². The first-order chi connectivity index (χ1) is 9.78. The van der Waals surface area contributed by atoms with Gasteiger partial charge in [-0.05, 0) is 43.4 Å². The van der Waals surface area contributed by atoms with E-state index in [1.807, 2.05) is 0 Å². The van der Waals surface area contributed by atoms with Gasteiger partial charge in [-0.1, -0.05) is 33.1 Å². The summed E-state index contributed by atoms with van der Waals surface area (Å²) in [5, 5.41) is 0. The van der Waals surface area contributed by atoms with E-state index in [1.165, 1.54) is 43.4 Å². The van der Waals surface area contributed by atoms with Crippen LogP contribution in [-0.4, -0.2) is 17.6 Å². The van der Waals surface area contributed by atoms with Crippen molar-refractivity contribution < 1.29 is 0 Å². The zero-order chi connectivity index (χ0) is 14.4. The van der Waals surface area contributed by atoms with Crippen LogP contribution in [0.1, 0.15) is 63.6 Å². The van der Waals surface area contributed by atoms with Gasteiger partial charge in [-0.3, -0.25) is 0 Å². The largest absolute Gasteiger partial charge is 0.354 e. The summed E-state index contributed by atoms with van der Waals surface area (Å²) in [5.74, 6) is 1.16. The first-order valence-electron chi connectivity index (χ1n) is 8.25. The van der Waals surface area contributed by atoms with E-state index in [2.05, 4.69) is 30.9 Å². The topological polar surface area (TPSA) is 42.1 Å².